The van der Waals surface area contributed by atoms with E-state index in [0.29, 0.717) is 0 Å². The summed E-state index contributed by atoms with van der Waals surface area (Å²) in [5.74, 6) is 0. The molecule has 1 heteroatoms. The Morgan fingerprint density at radius 3 is 1.77 bits per heavy atom. The maximum atomic E-state index is 5.02. The Morgan fingerprint density at radius 2 is 1.15 bits per heavy atom. The van der Waals surface area contributed by atoms with E-state index in [1.54, 1.807) is 0 Å². The largest absolute Gasteiger partial charge is 0.247 e. The molecule has 1 heterocycles. The SMILES string of the molecule is Cc1ccc(-c2cc(-c3ccccc3)nc(-c3ccccc3)c2C)cc1. The van der Waals surface area contributed by atoms with Gasteiger partial charge in [0.25, 0.3) is 0 Å². The lowest BCUT2D eigenvalue weighted by atomic mass is 9.94. The fourth-order valence-electron chi connectivity index (χ4n) is 3.28. The Bertz CT molecular complexity index is 1020. The van der Waals surface area contributed by atoms with Crippen molar-refractivity contribution in [2.45, 2.75) is 13.8 Å². The number of hydrogen-bond acceptors (Lipinski definition) is 1. The van der Waals surface area contributed by atoms with Gasteiger partial charge in [-0.05, 0) is 36.6 Å². The van der Waals surface area contributed by atoms with Crippen molar-refractivity contribution >= 4 is 0 Å². The van der Waals surface area contributed by atoms with Crippen LogP contribution in [0.15, 0.2) is 91.0 Å². The van der Waals surface area contributed by atoms with Gasteiger partial charge in [-0.2, -0.15) is 0 Å². The maximum Gasteiger partial charge on any atom is 0.0744 e. The molecule has 0 saturated carbocycles. The number of benzene rings is 3. The highest BCUT2D eigenvalue weighted by molar-refractivity contribution is 5.80. The minimum atomic E-state index is 1.01. The Morgan fingerprint density at radius 1 is 0.577 bits per heavy atom. The summed E-state index contributed by atoms with van der Waals surface area (Å²) in [5.41, 5.74) is 9.27. The van der Waals surface area contributed by atoms with E-state index in [-0.39, 0.29) is 0 Å². The Kier molecular flexibility index (Phi) is 4.37. The van der Waals surface area contributed by atoms with Crippen LogP contribution in [0.25, 0.3) is 33.6 Å². The molecule has 0 radical (unpaired) electrons. The van der Waals surface area contributed by atoms with Gasteiger partial charge >= 0.3 is 0 Å². The average Bonchev–Trinajstić information content (AvgIpc) is 2.70. The van der Waals surface area contributed by atoms with E-state index in [0.717, 1.165) is 22.5 Å². The first-order chi connectivity index (χ1) is 12.7. The van der Waals surface area contributed by atoms with E-state index in [9.17, 15) is 0 Å². The van der Waals surface area contributed by atoms with Gasteiger partial charge in [0.15, 0.2) is 0 Å². The number of hydrogen-bond donors (Lipinski definition) is 0. The zero-order valence-electron chi connectivity index (χ0n) is 15.1. The van der Waals surface area contributed by atoms with E-state index in [1.165, 1.54) is 22.3 Å². The number of rotatable bonds is 3. The third kappa shape index (κ3) is 3.16. The summed E-state index contributed by atoms with van der Waals surface area (Å²) in [4.78, 5) is 5.02. The summed E-state index contributed by atoms with van der Waals surface area (Å²) in [7, 11) is 0. The highest BCUT2D eigenvalue weighted by Gasteiger charge is 2.13. The molecule has 1 aromatic heterocycles. The average molecular weight is 335 g/mol. The van der Waals surface area contributed by atoms with Gasteiger partial charge in [-0.1, -0.05) is 90.5 Å². The van der Waals surface area contributed by atoms with Crippen LogP contribution < -0.4 is 0 Å². The van der Waals surface area contributed by atoms with E-state index in [2.05, 4.69) is 92.7 Å². The van der Waals surface area contributed by atoms with Crippen molar-refractivity contribution in [3.8, 4) is 33.6 Å². The van der Waals surface area contributed by atoms with Crippen LogP contribution in [0, 0.1) is 13.8 Å². The predicted octanol–water partition coefficient (Wildman–Crippen LogP) is 6.70. The summed E-state index contributed by atoms with van der Waals surface area (Å²) >= 11 is 0. The number of nitrogens with zero attached hydrogens (tertiary/aromatic N) is 1. The minimum Gasteiger partial charge on any atom is -0.247 e. The van der Waals surface area contributed by atoms with Crippen LogP contribution in [-0.2, 0) is 0 Å². The molecule has 0 saturated heterocycles. The molecule has 126 valence electrons. The fourth-order valence-corrected chi connectivity index (χ4v) is 3.28. The molecule has 0 fully saturated rings. The molecule has 0 amide bonds. The van der Waals surface area contributed by atoms with Crippen LogP contribution in [0.1, 0.15) is 11.1 Å². The molecular weight excluding hydrogens is 314 g/mol. The topological polar surface area (TPSA) is 12.9 Å². The Labute approximate surface area is 155 Å². The van der Waals surface area contributed by atoms with E-state index < -0.39 is 0 Å². The molecule has 0 aliphatic rings. The summed E-state index contributed by atoms with van der Waals surface area (Å²) in [6.07, 6.45) is 0. The zero-order chi connectivity index (χ0) is 17.9. The molecule has 1 nitrogen and oxygen atoms in total. The molecule has 0 bridgehead atoms. The van der Waals surface area contributed by atoms with E-state index in [4.69, 9.17) is 4.98 Å². The number of aryl methyl sites for hydroxylation is 1. The second-order valence-electron chi connectivity index (χ2n) is 6.63. The second-order valence-corrected chi connectivity index (χ2v) is 6.63. The van der Waals surface area contributed by atoms with Gasteiger partial charge in [0.2, 0.25) is 0 Å². The quantitative estimate of drug-likeness (QED) is 0.406. The van der Waals surface area contributed by atoms with Crippen LogP contribution >= 0.6 is 0 Å². The van der Waals surface area contributed by atoms with Crippen molar-refractivity contribution in [2.75, 3.05) is 0 Å². The van der Waals surface area contributed by atoms with E-state index in [1.807, 2.05) is 12.1 Å². The third-order valence-corrected chi connectivity index (χ3v) is 4.75. The fraction of sp³-hybridized carbons (Fsp3) is 0.0800. The molecule has 0 unspecified atom stereocenters. The predicted molar refractivity (Wildman–Crippen MR) is 110 cm³/mol. The Balaban J connectivity index is 1.97. The first-order valence-electron chi connectivity index (χ1n) is 8.92. The molecule has 4 aromatic rings. The number of pyridine rings is 1. The van der Waals surface area contributed by atoms with Gasteiger partial charge in [0, 0.05) is 11.1 Å². The lowest BCUT2D eigenvalue weighted by Gasteiger charge is -2.15. The van der Waals surface area contributed by atoms with Crippen molar-refractivity contribution < 1.29 is 0 Å². The van der Waals surface area contributed by atoms with Crippen LogP contribution in [0.2, 0.25) is 0 Å². The summed E-state index contributed by atoms with van der Waals surface area (Å²) < 4.78 is 0. The molecule has 4 rings (SSSR count). The van der Waals surface area contributed by atoms with Crippen LogP contribution in [0.3, 0.4) is 0 Å². The second kappa shape index (κ2) is 6.97. The molecule has 0 N–H and O–H groups in total. The first kappa shape index (κ1) is 16.3. The standard InChI is InChI=1S/C25H21N/c1-18-13-15-20(16-14-18)23-17-24(21-9-5-3-6-10-21)26-25(19(23)2)22-11-7-4-8-12-22/h3-17H,1-2H3. The molecule has 26 heavy (non-hydrogen) atoms. The maximum absolute atomic E-state index is 5.02. The van der Waals surface area contributed by atoms with Gasteiger partial charge in [-0.25, -0.2) is 4.98 Å². The summed E-state index contributed by atoms with van der Waals surface area (Å²) in [5, 5.41) is 0. The number of aromatic nitrogens is 1. The van der Waals surface area contributed by atoms with Gasteiger partial charge in [0.05, 0.1) is 11.4 Å². The van der Waals surface area contributed by atoms with Gasteiger partial charge < -0.3 is 0 Å². The first-order valence-corrected chi connectivity index (χ1v) is 8.92. The minimum absolute atomic E-state index is 1.01. The van der Waals surface area contributed by atoms with Crippen LogP contribution in [0.4, 0.5) is 0 Å². The summed E-state index contributed by atoms with van der Waals surface area (Å²) in [6, 6.07) is 31.8. The molecule has 3 aromatic carbocycles. The monoisotopic (exact) mass is 335 g/mol. The van der Waals surface area contributed by atoms with Crippen molar-refractivity contribution in [2.24, 2.45) is 0 Å². The highest BCUT2D eigenvalue weighted by Crippen LogP contribution is 2.34. The van der Waals surface area contributed by atoms with Crippen molar-refractivity contribution in [1.29, 1.82) is 0 Å². The molecular formula is C25H21N. The van der Waals surface area contributed by atoms with Gasteiger partial charge in [0.1, 0.15) is 0 Å². The molecule has 0 spiro atoms. The highest BCUT2D eigenvalue weighted by atomic mass is 14.7. The smallest absolute Gasteiger partial charge is 0.0744 e. The molecule has 0 aliphatic carbocycles. The lowest BCUT2D eigenvalue weighted by molar-refractivity contribution is 1.27. The Hall–Kier alpha value is -3.19. The normalized spacial score (nSPS) is 10.7. The van der Waals surface area contributed by atoms with E-state index >= 15 is 0 Å². The third-order valence-electron chi connectivity index (χ3n) is 4.75. The van der Waals surface area contributed by atoms with Gasteiger partial charge in [-0.15, -0.1) is 0 Å². The van der Waals surface area contributed by atoms with Crippen LogP contribution in [0.5, 0.6) is 0 Å². The van der Waals surface area contributed by atoms with Crippen LogP contribution in [-0.4, -0.2) is 4.98 Å². The van der Waals surface area contributed by atoms with Crippen molar-refractivity contribution in [3.63, 3.8) is 0 Å². The van der Waals surface area contributed by atoms with Gasteiger partial charge in [-0.3, -0.25) is 0 Å². The lowest BCUT2D eigenvalue weighted by Crippen LogP contribution is -1.96. The zero-order valence-corrected chi connectivity index (χ0v) is 15.1. The summed E-state index contributed by atoms with van der Waals surface area (Å²) in [6.45, 7) is 4.28. The molecule has 0 atom stereocenters. The van der Waals surface area contributed by atoms with Crippen molar-refractivity contribution in [3.05, 3.63) is 102 Å². The van der Waals surface area contributed by atoms with Crippen molar-refractivity contribution in [1.82, 2.24) is 4.98 Å². The molecule has 0 aliphatic heterocycles.